The van der Waals surface area contributed by atoms with Crippen molar-refractivity contribution in [1.29, 1.82) is 0 Å². The number of nitrogens with zero attached hydrogens (tertiary/aromatic N) is 5. The summed E-state index contributed by atoms with van der Waals surface area (Å²) >= 11 is 0. The van der Waals surface area contributed by atoms with Crippen LogP contribution in [-0.2, 0) is 24.3 Å². The van der Waals surface area contributed by atoms with Crippen LogP contribution in [0.4, 0.5) is 10.1 Å². The molecule has 0 amide bonds. The van der Waals surface area contributed by atoms with Gasteiger partial charge in [0.1, 0.15) is 23.8 Å². The summed E-state index contributed by atoms with van der Waals surface area (Å²) in [4.78, 5) is 28.6. The summed E-state index contributed by atoms with van der Waals surface area (Å²) in [5.74, 6) is 0.160. The number of hydrogen-bond acceptors (Lipinski definition) is 6. The highest BCUT2D eigenvalue weighted by Crippen LogP contribution is 2.33. The fraction of sp³-hybridized carbons (Fsp3) is 0.323. The molecule has 1 aliphatic heterocycles. The van der Waals surface area contributed by atoms with Gasteiger partial charge in [-0.25, -0.2) is 29.0 Å². The van der Waals surface area contributed by atoms with Crippen LogP contribution in [0.3, 0.4) is 0 Å². The predicted octanol–water partition coefficient (Wildman–Crippen LogP) is 6.01. The van der Waals surface area contributed by atoms with Gasteiger partial charge in [0.2, 0.25) is 5.88 Å². The topological polar surface area (TPSA) is 104 Å². The van der Waals surface area contributed by atoms with E-state index < -0.39 is 11.8 Å². The fourth-order valence-electron chi connectivity index (χ4n) is 5.26. The molecule has 3 aromatic heterocycles. The van der Waals surface area contributed by atoms with E-state index in [9.17, 15) is 14.3 Å². The standard InChI is InChI=1S/C31H28FN5O4/c1-33-22-10-9-21(24(32)16-22)18-41-29-4-2-3-25(35-29)20-7-5-19(6-8-20)15-28-34-26-11-12-27(31(38)39)36-30(26)37(28)17-23-13-14-40-23/h2-4,7,9-12,16,19,23H,5-6,8,13-15,17-18H2,(H,38,39)/t19?,23-/m0/s1. The molecule has 1 fully saturated rings. The molecule has 2 aliphatic rings. The van der Waals surface area contributed by atoms with E-state index >= 15 is 0 Å². The summed E-state index contributed by atoms with van der Waals surface area (Å²) < 4.78 is 27.7. The van der Waals surface area contributed by atoms with E-state index in [0.29, 0.717) is 35.1 Å². The van der Waals surface area contributed by atoms with Gasteiger partial charge in [0.15, 0.2) is 17.0 Å². The summed E-state index contributed by atoms with van der Waals surface area (Å²) in [5.41, 5.74) is 3.89. The quantitative estimate of drug-likeness (QED) is 0.253. The lowest BCUT2D eigenvalue weighted by Gasteiger charge is -2.28. The molecule has 9 nitrogen and oxygen atoms in total. The van der Waals surface area contributed by atoms with Crippen molar-refractivity contribution in [3.8, 4) is 5.88 Å². The van der Waals surface area contributed by atoms with Crippen molar-refractivity contribution in [2.24, 2.45) is 5.92 Å². The maximum absolute atomic E-state index is 14.2. The molecule has 0 radical (unpaired) electrons. The summed E-state index contributed by atoms with van der Waals surface area (Å²) in [6.45, 7) is 8.38. The molecule has 1 unspecified atom stereocenters. The second-order valence-corrected chi connectivity index (χ2v) is 10.4. The number of halogens is 1. The van der Waals surface area contributed by atoms with E-state index in [2.05, 4.69) is 20.9 Å². The zero-order valence-electron chi connectivity index (χ0n) is 22.3. The van der Waals surface area contributed by atoms with Crippen molar-refractivity contribution in [2.75, 3.05) is 6.61 Å². The van der Waals surface area contributed by atoms with Crippen molar-refractivity contribution in [3.63, 3.8) is 0 Å². The highest BCUT2D eigenvalue weighted by atomic mass is 19.1. The highest BCUT2D eigenvalue weighted by molar-refractivity contribution is 5.88. The lowest BCUT2D eigenvalue weighted by Crippen LogP contribution is -2.32. The molecule has 1 aromatic carbocycles. The SMILES string of the molecule is [C-]#[N+]c1ccc(COc2cccc(C3=CCC(Cc4nc5ccc(C(=O)O)nc5n4C[C@@H]4CCO4)CC3)n2)c(F)c1. The van der Waals surface area contributed by atoms with Gasteiger partial charge >= 0.3 is 5.97 Å². The number of imidazole rings is 1. The Labute approximate surface area is 236 Å². The molecule has 208 valence electrons. The van der Waals surface area contributed by atoms with E-state index in [1.807, 2.05) is 16.7 Å². The van der Waals surface area contributed by atoms with Gasteiger partial charge in [0.25, 0.3) is 0 Å². The van der Waals surface area contributed by atoms with E-state index in [1.165, 1.54) is 12.1 Å². The monoisotopic (exact) mass is 553 g/mol. The van der Waals surface area contributed by atoms with Crippen LogP contribution in [0.5, 0.6) is 5.88 Å². The number of rotatable bonds is 9. The molecule has 1 saturated heterocycles. The van der Waals surface area contributed by atoms with Crippen molar-refractivity contribution in [1.82, 2.24) is 19.5 Å². The molecule has 0 bridgehead atoms. The Morgan fingerprint density at radius 2 is 2.05 bits per heavy atom. The largest absolute Gasteiger partial charge is 0.477 e. The average Bonchev–Trinajstić information content (AvgIpc) is 3.30. The number of aromatic nitrogens is 4. The van der Waals surface area contributed by atoms with Gasteiger partial charge in [-0.1, -0.05) is 24.3 Å². The molecule has 41 heavy (non-hydrogen) atoms. The van der Waals surface area contributed by atoms with Gasteiger partial charge in [-0.2, -0.15) is 0 Å². The third-order valence-corrected chi connectivity index (χ3v) is 7.65. The van der Waals surface area contributed by atoms with Crippen molar-refractivity contribution >= 4 is 28.4 Å². The molecule has 4 heterocycles. The molecule has 1 N–H and O–H groups in total. The van der Waals surface area contributed by atoms with Crippen LogP contribution >= 0.6 is 0 Å². The maximum Gasteiger partial charge on any atom is 0.354 e. The zero-order chi connectivity index (χ0) is 28.3. The lowest BCUT2D eigenvalue weighted by molar-refractivity contribution is -0.0591. The van der Waals surface area contributed by atoms with Gasteiger partial charge in [-0.3, -0.25) is 0 Å². The number of allylic oxidation sites excluding steroid dienone is 2. The third kappa shape index (κ3) is 5.81. The number of benzene rings is 1. The summed E-state index contributed by atoms with van der Waals surface area (Å²) in [7, 11) is 0. The van der Waals surface area contributed by atoms with Crippen LogP contribution in [0.2, 0.25) is 0 Å². The second-order valence-electron chi connectivity index (χ2n) is 10.4. The number of carbonyl (C=O) groups is 1. The van der Waals surface area contributed by atoms with Crippen LogP contribution in [0.1, 0.15) is 53.3 Å². The van der Waals surface area contributed by atoms with Crippen LogP contribution in [-0.4, -0.2) is 43.3 Å². The average molecular weight is 554 g/mol. The number of ether oxygens (including phenoxy) is 2. The number of carboxylic acids is 1. The second kappa shape index (κ2) is 11.5. The number of aromatic carboxylic acids is 1. The molecule has 0 saturated carbocycles. The normalized spacial score (nSPS) is 18.4. The maximum atomic E-state index is 14.2. The van der Waals surface area contributed by atoms with Crippen LogP contribution < -0.4 is 4.74 Å². The van der Waals surface area contributed by atoms with Crippen LogP contribution in [0.25, 0.3) is 21.6 Å². The Morgan fingerprint density at radius 3 is 2.76 bits per heavy atom. The molecular weight excluding hydrogens is 525 g/mol. The Balaban J connectivity index is 1.14. The van der Waals surface area contributed by atoms with E-state index in [4.69, 9.17) is 21.0 Å². The Bertz CT molecular complexity index is 1690. The van der Waals surface area contributed by atoms with Gasteiger partial charge in [-0.15, -0.1) is 0 Å². The Hall–Kier alpha value is -4.62. The summed E-state index contributed by atoms with van der Waals surface area (Å²) in [6, 6.07) is 13.1. The number of pyridine rings is 2. The highest BCUT2D eigenvalue weighted by Gasteiger charge is 2.25. The zero-order valence-corrected chi connectivity index (χ0v) is 22.3. The smallest absolute Gasteiger partial charge is 0.354 e. The Morgan fingerprint density at radius 1 is 1.17 bits per heavy atom. The van der Waals surface area contributed by atoms with E-state index in [1.54, 1.807) is 24.3 Å². The van der Waals surface area contributed by atoms with Crippen molar-refractivity contribution < 1.29 is 23.8 Å². The molecule has 1 aliphatic carbocycles. The fourth-order valence-corrected chi connectivity index (χ4v) is 5.26. The van der Waals surface area contributed by atoms with Crippen molar-refractivity contribution in [3.05, 3.63) is 94.6 Å². The number of hydrogen-bond donors (Lipinski definition) is 1. The van der Waals surface area contributed by atoms with E-state index in [0.717, 1.165) is 55.8 Å². The third-order valence-electron chi connectivity index (χ3n) is 7.65. The van der Waals surface area contributed by atoms with Gasteiger partial charge in [0, 0.05) is 24.7 Å². The molecule has 0 spiro atoms. The first-order chi connectivity index (χ1) is 20.0. The molecule has 6 rings (SSSR count). The minimum Gasteiger partial charge on any atom is -0.477 e. The van der Waals surface area contributed by atoms with Gasteiger partial charge in [-0.05, 0) is 61.4 Å². The van der Waals surface area contributed by atoms with Crippen LogP contribution in [0, 0.1) is 18.3 Å². The van der Waals surface area contributed by atoms with Crippen molar-refractivity contribution in [2.45, 2.75) is 51.4 Å². The minimum absolute atomic E-state index is 0.00631. The first kappa shape index (κ1) is 26.6. The number of carboxylic acid groups (broad SMARTS) is 1. The molecule has 10 heteroatoms. The minimum atomic E-state index is -1.06. The van der Waals surface area contributed by atoms with Gasteiger partial charge < -0.3 is 19.1 Å². The Kier molecular flexibility index (Phi) is 7.44. The molecule has 2 atom stereocenters. The van der Waals surface area contributed by atoms with Crippen LogP contribution in [0.15, 0.2) is 54.6 Å². The first-order valence-electron chi connectivity index (χ1n) is 13.6. The summed E-state index contributed by atoms with van der Waals surface area (Å²) in [6.07, 6.45) is 6.68. The van der Waals surface area contributed by atoms with E-state index in [-0.39, 0.29) is 24.1 Å². The lowest BCUT2D eigenvalue weighted by atomic mass is 9.86. The summed E-state index contributed by atoms with van der Waals surface area (Å²) in [5, 5.41) is 9.43. The predicted molar refractivity (Wildman–Crippen MR) is 149 cm³/mol. The molecular formula is C31H28FN5O4. The first-order valence-corrected chi connectivity index (χ1v) is 13.6. The van der Waals surface area contributed by atoms with Gasteiger partial charge in [0.05, 0.1) is 24.9 Å². The number of fused-ring (bicyclic) bond motifs is 1. The molecule has 4 aromatic rings.